The van der Waals surface area contributed by atoms with Gasteiger partial charge in [-0.2, -0.15) is 13.2 Å². The van der Waals surface area contributed by atoms with E-state index in [0.717, 1.165) is 6.07 Å². The molecule has 0 fully saturated rings. The third-order valence-electron chi connectivity index (χ3n) is 2.60. The molecule has 1 N–H and O–H groups in total. The van der Waals surface area contributed by atoms with Gasteiger partial charge in [0.25, 0.3) is 5.91 Å². The van der Waals surface area contributed by atoms with Crippen molar-refractivity contribution in [2.75, 3.05) is 5.32 Å². The van der Waals surface area contributed by atoms with Crippen LogP contribution in [0.2, 0.25) is 0 Å². The fourth-order valence-electron chi connectivity index (χ4n) is 1.76. The van der Waals surface area contributed by atoms with Gasteiger partial charge in [-0.3, -0.25) is 4.79 Å². The minimum Gasteiger partial charge on any atom is -0.320 e. The molecule has 7 heteroatoms. The largest absolute Gasteiger partial charge is 0.418 e. The Labute approximate surface area is 117 Å². The molecule has 20 heavy (non-hydrogen) atoms. The summed E-state index contributed by atoms with van der Waals surface area (Å²) >= 11 is 1.32. The van der Waals surface area contributed by atoms with Crippen molar-refractivity contribution in [2.24, 2.45) is 0 Å². The van der Waals surface area contributed by atoms with Crippen LogP contribution in [0.4, 0.5) is 18.9 Å². The Balaban J connectivity index is 2.31. The molecule has 2 aromatic rings. The number of anilines is 1. The van der Waals surface area contributed by atoms with E-state index in [-0.39, 0.29) is 11.4 Å². The minimum absolute atomic E-state index is 0.157. The van der Waals surface area contributed by atoms with Crippen LogP contribution in [0.5, 0.6) is 0 Å². The molecule has 1 heterocycles. The van der Waals surface area contributed by atoms with Gasteiger partial charge in [0, 0.05) is 4.88 Å². The molecule has 1 aromatic carbocycles. The molecule has 106 valence electrons. The maximum atomic E-state index is 12.8. The molecule has 0 aliphatic rings. The average Bonchev–Trinajstić information content (AvgIpc) is 2.68. The molecule has 0 radical (unpaired) electrons. The summed E-state index contributed by atoms with van der Waals surface area (Å²) in [6, 6.07) is 4.85. The predicted octanol–water partition coefficient (Wildman–Crippen LogP) is 4.03. The van der Waals surface area contributed by atoms with E-state index in [1.165, 1.54) is 29.5 Å². The molecular formula is C13H11F3N2OS. The van der Waals surface area contributed by atoms with E-state index in [1.807, 2.05) is 0 Å². The van der Waals surface area contributed by atoms with Crippen molar-refractivity contribution in [2.45, 2.75) is 20.0 Å². The summed E-state index contributed by atoms with van der Waals surface area (Å²) in [5, 5.41) is 2.96. The zero-order valence-corrected chi connectivity index (χ0v) is 11.5. The van der Waals surface area contributed by atoms with Crippen LogP contribution in [0.1, 0.15) is 25.9 Å². The smallest absolute Gasteiger partial charge is 0.320 e. The third kappa shape index (κ3) is 2.98. The van der Waals surface area contributed by atoms with Gasteiger partial charge in [0.2, 0.25) is 0 Å². The van der Waals surface area contributed by atoms with E-state index >= 15 is 0 Å². The van der Waals surface area contributed by atoms with Crippen LogP contribution in [-0.2, 0) is 6.18 Å². The van der Waals surface area contributed by atoms with Crippen molar-refractivity contribution in [3.63, 3.8) is 0 Å². The molecule has 0 atom stereocenters. The quantitative estimate of drug-likeness (QED) is 0.909. The molecule has 0 aliphatic carbocycles. The lowest BCUT2D eigenvalue weighted by Crippen LogP contribution is -2.17. The fourth-order valence-corrected chi connectivity index (χ4v) is 2.58. The maximum absolute atomic E-state index is 12.8. The number of aromatic nitrogens is 1. The normalized spacial score (nSPS) is 11.4. The second-order valence-corrected chi connectivity index (χ2v) is 5.54. The number of amides is 1. The monoisotopic (exact) mass is 300 g/mol. The summed E-state index contributed by atoms with van der Waals surface area (Å²) in [7, 11) is 0. The molecule has 2 rings (SSSR count). The Hall–Kier alpha value is -1.89. The molecule has 3 nitrogen and oxygen atoms in total. The maximum Gasteiger partial charge on any atom is 0.418 e. The Bertz CT molecular complexity index is 649. The van der Waals surface area contributed by atoms with Gasteiger partial charge in [0.15, 0.2) is 0 Å². The van der Waals surface area contributed by atoms with Crippen molar-refractivity contribution in [3.05, 3.63) is 45.4 Å². The van der Waals surface area contributed by atoms with Crippen LogP contribution >= 0.6 is 11.3 Å². The van der Waals surface area contributed by atoms with Crippen LogP contribution in [0.3, 0.4) is 0 Å². The van der Waals surface area contributed by atoms with Gasteiger partial charge < -0.3 is 5.32 Å². The predicted molar refractivity (Wildman–Crippen MR) is 71.0 cm³/mol. The Morgan fingerprint density at radius 2 is 1.90 bits per heavy atom. The van der Waals surface area contributed by atoms with Crippen molar-refractivity contribution in [3.8, 4) is 0 Å². The summed E-state index contributed by atoms with van der Waals surface area (Å²) in [6.45, 7) is 3.44. The van der Waals surface area contributed by atoms with Crippen molar-refractivity contribution in [1.29, 1.82) is 0 Å². The number of carbonyl (C=O) groups excluding carboxylic acids is 1. The number of thiazole rings is 1. The summed E-state index contributed by atoms with van der Waals surface area (Å²) in [5.74, 6) is -0.636. The van der Waals surface area contributed by atoms with Crippen LogP contribution in [0.15, 0.2) is 24.3 Å². The van der Waals surface area contributed by atoms with E-state index in [1.54, 1.807) is 13.8 Å². The van der Waals surface area contributed by atoms with Gasteiger partial charge in [-0.05, 0) is 26.0 Å². The molecule has 1 amide bonds. The summed E-state index contributed by atoms with van der Waals surface area (Å²) < 4.78 is 38.5. The van der Waals surface area contributed by atoms with Gasteiger partial charge in [-0.15, -0.1) is 11.3 Å². The highest BCUT2D eigenvalue weighted by atomic mass is 32.1. The second kappa shape index (κ2) is 5.24. The number of carbonyl (C=O) groups is 1. The lowest BCUT2D eigenvalue weighted by molar-refractivity contribution is -0.136. The summed E-state index contributed by atoms with van der Waals surface area (Å²) in [5.41, 5.74) is -0.988. The number of benzene rings is 1. The third-order valence-corrected chi connectivity index (χ3v) is 3.49. The Morgan fingerprint density at radius 1 is 1.25 bits per heavy atom. The summed E-state index contributed by atoms with van der Waals surface area (Å²) in [4.78, 5) is 16.7. The van der Waals surface area contributed by atoms with Gasteiger partial charge >= 0.3 is 6.18 Å². The van der Waals surface area contributed by atoms with Gasteiger partial charge in [-0.1, -0.05) is 12.1 Å². The number of rotatable bonds is 2. The number of nitrogens with one attached hydrogen (secondary N) is 1. The summed E-state index contributed by atoms with van der Waals surface area (Å²) in [6.07, 6.45) is -4.52. The van der Waals surface area contributed by atoms with Gasteiger partial charge in [-0.25, -0.2) is 4.98 Å². The number of aryl methyl sites for hydroxylation is 2. The van der Waals surface area contributed by atoms with E-state index in [4.69, 9.17) is 0 Å². The lowest BCUT2D eigenvalue weighted by atomic mass is 10.1. The van der Waals surface area contributed by atoms with Gasteiger partial charge in [0.05, 0.1) is 16.3 Å². The van der Waals surface area contributed by atoms with Crippen LogP contribution in [0, 0.1) is 13.8 Å². The van der Waals surface area contributed by atoms with Crippen molar-refractivity contribution >= 4 is 22.9 Å². The molecule has 0 spiro atoms. The number of para-hydroxylation sites is 1. The topological polar surface area (TPSA) is 42.0 Å². The highest BCUT2D eigenvalue weighted by Crippen LogP contribution is 2.34. The van der Waals surface area contributed by atoms with E-state index in [0.29, 0.717) is 9.88 Å². The highest BCUT2D eigenvalue weighted by Gasteiger charge is 2.33. The molecule has 0 saturated heterocycles. The number of alkyl halides is 3. The number of hydrogen-bond acceptors (Lipinski definition) is 3. The number of nitrogens with zero attached hydrogens (tertiary/aromatic N) is 1. The number of hydrogen-bond donors (Lipinski definition) is 1. The Morgan fingerprint density at radius 3 is 2.45 bits per heavy atom. The molecule has 0 unspecified atom stereocenters. The molecule has 0 aliphatic heterocycles. The lowest BCUT2D eigenvalue weighted by Gasteiger charge is -2.13. The molecule has 0 bridgehead atoms. The number of halogens is 3. The van der Waals surface area contributed by atoms with Crippen LogP contribution in [0.25, 0.3) is 0 Å². The zero-order chi connectivity index (χ0) is 14.9. The first-order chi connectivity index (χ1) is 9.29. The second-order valence-electron chi connectivity index (χ2n) is 4.14. The van der Waals surface area contributed by atoms with Crippen molar-refractivity contribution < 1.29 is 18.0 Å². The first-order valence-corrected chi connectivity index (χ1v) is 6.52. The average molecular weight is 300 g/mol. The first-order valence-electron chi connectivity index (χ1n) is 5.70. The van der Waals surface area contributed by atoms with Crippen molar-refractivity contribution in [1.82, 2.24) is 4.98 Å². The molecular weight excluding hydrogens is 289 g/mol. The highest BCUT2D eigenvalue weighted by molar-refractivity contribution is 7.11. The first kappa shape index (κ1) is 14.5. The van der Waals surface area contributed by atoms with E-state index in [2.05, 4.69) is 10.3 Å². The molecule has 1 aromatic heterocycles. The van der Waals surface area contributed by atoms with E-state index in [9.17, 15) is 18.0 Å². The standard InChI is InChI=1S/C13H11F3N2OS/c1-7-11(17-8(2)20-7)12(19)18-10-6-4-3-5-9(10)13(14,15)16/h3-6H,1-2H3,(H,18,19). The molecule has 0 saturated carbocycles. The SMILES string of the molecule is Cc1nc(C(=O)Nc2ccccc2C(F)(F)F)c(C)s1. The van der Waals surface area contributed by atoms with E-state index < -0.39 is 17.6 Å². The zero-order valence-electron chi connectivity index (χ0n) is 10.7. The van der Waals surface area contributed by atoms with Crippen LogP contribution < -0.4 is 5.32 Å². The Kier molecular flexibility index (Phi) is 3.80. The minimum atomic E-state index is -4.52. The van der Waals surface area contributed by atoms with Gasteiger partial charge in [0.1, 0.15) is 5.69 Å². The fraction of sp³-hybridized carbons (Fsp3) is 0.231. The van der Waals surface area contributed by atoms with Crippen LogP contribution in [-0.4, -0.2) is 10.9 Å².